The Balaban J connectivity index is 3.03. The van der Waals surface area contributed by atoms with Gasteiger partial charge in [-0.3, -0.25) is 4.99 Å². The van der Waals surface area contributed by atoms with Crippen LogP contribution in [0.15, 0.2) is 29.3 Å². The lowest BCUT2D eigenvalue weighted by Crippen LogP contribution is -2.21. The van der Waals surface area contributed by atoms with Crippen LogP contribution < -0.4 is 4.90 Å². The smallest absolute Gasteiger partial charge is 0.0855 e. The molecule has 0 radical (unpaired) electrons. The summed E-state index contributed by atoms with van der Waals surface area (Å²) in [5, 5.41) is 0. The van der Waals surface area contributed by atoms with E-state index in [9.17, 15) is 0 Å². The second-order valence-corrected chi connectivity index (χ2v) is 2.82. The van der Waals surface area contributed by atoms with Crippen LogP contribution in [0.1, 0.15) is 13.8 Å². The molecule has 0 fully saturated rings. The third kappa shape index (κ3) is 2.08. The first-order valence-corrected chi connectivity index (χ1v) is 4.64. The zero-order valence-electron chi connectivity index (χ0n) is 8.33. The van der Waals surface area contributed by atoms with E-state index >= 15 is 0 Å². The minimum Gasteiger partial charge on any atom is -0.370 e. The van der Waals surface area contributed by atoms with E-state index < -0.39 is 0 Å². The Morgan fingerprint density at radius 1 is 1.23 bits per heavy atom. The van der Waals surface area contributed by atoms with Gasteiger partial charge in [0.1, 0.15) is 0 Å². The molecule has 1 rings (SSSR count). The largest absolute Gasteiger partial charge is 0.370 e. The first-order valence-electron chi connectivity index (χ1n) is 4.64. The maximum atomic E-state index is 4.00. The molecule has 70 valence electrons. The highest BCUT2D eigenvalue weighted by Crippen LogP contribution is 2.27. The number of benzene rings is 1. The molecule has 0 amide bonds. The first-order chi connectivity index (χ1) is 6.33. The maximum Gasteiger partial charge on any atom is 0.0855 e. The van der Waals surface area contributed by atoms with Crippen LogP contribution >= 0.6 is 0 Å². The topological polar surface area (TPSA) is 15.6 Å². The molecule has 0 aliphatic heterocycles. The summed E-state index contributed by atoms with van der Waals surface area (Å²) >= 11 is 0. The third-order valence-corrected chi connectivity index (χ3v) is 2.16. The summed E-state index contributed by atoms with van der Waals surface area (Å²) in [7, 11) is 0. The minimum absolute atomic E-state index is 0.964. The molecule has 0 heterocycles. The van der Waals surface area contributed by atoms with Crippen LogP contribution in [-0.4, -0.2) is 19.8 Å². The fourth-order valence-electron chi connectivity index (χ4n) is 1.43. The number of rotatable bonds is 4. The Kier molecular flexibility index (Phi) is 3.50. The second-order valence-electron chi connectivity index (χ2n) is 2.82. The summed E-state index contributed by atoms with van der Waals surface area (Å²) in [4.78, 5) is 6.26. The van der Waals surface area contributed by atoms with Crippen molar-refractivity contribution in [1.82, 2.24) is 0 Å². The minimum atomic E-state index is 0.964. The Labute approximate surface area is 79.9 Å². The van der Waals surface area contributed by atoms with E-state index in [1.165, 1.54) is 5.69 Å². The molecule has 13 heavy (non-hydrogen) atoms. The van der Waals surface area contributed by atoms with Gasteiger partial charge in [-0.25, -0.2) is 0 Å². The molecule has 0 N–H and O–H groups in total. The number of hydrogen-bond donors (Lipinski definition) is 0. The molecule has 2 heteroatoms. The highest BCUT2D eigenvalue weighted by molar-refractivity contribution is 5.68. The molecule has 0 aliphatic carbocycles. The number of hydrogen-bond acceptors (Lipinski definition) is 2. The van der Waals surface area contributed by atoms with Crippen LogP contribution in [0, 0.1) is 0 Å². The second kappa shape index (κ2) is 4.65. The van der Waals surface area contributed by atoms with E-state index in [4.69, 9.17) is 0 Å². The van der Waals surface area contributed by atoms with Gasteiger partial charge in [-0.05, 0) is 32.7 Å². The van der Waals surface area contributed by atoms with Crippen molar-refractivity contribution >= 4 is 18.1 Å². The van der Waals surface area contributed by atoms with E-state index in [0.29, 0.717) is 0 Å². The van der Waals surface area contributed by atoms with Crippen molar-refractivity contribution in [2.75, 3.05) is 18.0 Å². The van der Waals surface area contributed by atoms with Gasteiger partial charge in [0, 0.05) is 13.1 Å². The molecule has 0 bridgehead atoms. The zero-order valence-corrected chi connectivity index (χ0v) is 8.33. The predicted octanol–water partition coefficient (Wildman–Crippen LogP) is 2.86. The molecule has 0 spiro atoms. The van der Waals surface area contributed by atoms with Crippen molar-refractivity contribution in [1.29, 1.82) is 0 Å². The Hall–Kier alpha value is -1.31. The van der Waals surface area contributed by atoms with Crippen molar-refractivity contribution in [3.63, 3.8) is 0 Å². The van der Waals surface area contributed by atoms with Crippen LogP contribution in [0.2, 0.25) is 0 Å². The number of aliphatic imine (C=N–C) groups is 1. The van der Waals surface area contributed by atoms with Crippen molar-refractivity contribution in [3.8, 4) is 0 Å². The lowest BCUT2D eigenvalue weighted by molar-refractivity contribution is 0.866. The lowest BCUT2D eigenvalue weighted by atomic mass is 10.2. The van der Waals surface area contributed by atoms with Gasteiger partial charge in [0.25, 0.3) is 0 Å². The van der Waals surface area contributed by atoms with Crippen LogP contribution in [-0.2, 0) is 0 Å². The Morgan fingerprint density at radius 2 is 1.85 bits per heavy atom. The van der Waals surface area contributed by atoms with Crippen LogP contribution in [0.4, 0.5) is 11.4 Å². The van der Waals surface area contributed by atoms with Crippen molar-refractivity contribution < 1.29 is 0 Å². The summed E-state index contributed by atoms with van der Waals surface area (Å²) in [5.41, 5.74) is 2.13. The normalized spacial score (nSPS) is 9.69. The van der Waals surface area contributed by atoms with E-state index in [0.717, 1.165) is 18.8 Å². The standard InChI is InChI=1S/C11H16N2/c1-4-13(5-2)11-9-7-6-8-10(11)12-3/h6-9H,3-5H2,1-2H3. The quantitative estimate of drug-likeness (QED) is 0.644. The van der Waals surface area contributed by atoms with Gasteiger partial charge < -0.3 is 4.90 Å². The van der Waals surface area contributed by atoms with Crippen molar-refractivity contribution in [2.24, 2.45) is 4.99 Å². The Morgan fingerprint density at radius 3 is 2.38 bits per heavy atom. The highest BCUT2D eigenvalue weighted by Gasteiger charge is 2.04. The van der Waals surface area contributed by atoms with Gasteiger partial charge in [-0.2, -0.15) is 0 Å². The summed E-state index contributed by atoms with van der Waals surface area (Å²) < 4.78 is 0. The monoisotopic (exact) mass is 176 g/mol. The van der Waals surface area contributed by atoms with Gasteiger partial charge in [0.05, 0.1) is 11.4 Å². The maximum absolute atomic E-state index is 4.00. The summed E-state index contributed by atoms with van der Waals surface area (Å²) in [6, 6.07) is 8.08. The SMILES string of the molecule is C=Nc1ccccc1N(CC)CC. The third-order valence-electron chi connectivity index (χ3n) is 2.16. The highest BCUT2D eigenvalue weighted by atomic mass is 15.1. The van der Waals surface area contributed by atoms with Crippen LogP contribution in [0.5, 0.6) is 0 Å². The summed E-state index contributed by atoms with van der Waals surface area (Å²) in [5.74, 6) is 0. The number of para-hydroxylation sites is 2. The molecule has 0 aliphatic rings. The lowest BCUT2D eigenvalue weighted by Gasteiger charge is -2.22. The molecule has 1 aromatic rings. The average Bonchev–Trinajstić information content (AvgIpc) is 2.20. The van der Waals surface area contributed by atoms with E-state index in [-0.39, 0.29) is 0 Å². The molecule has 0 saturated heterocycles. The van der Waals surface area contributed by atoms with Crippen molar-refractivity contribution in [3.05, 3.63) is 24.3 Å². The zero-order chi connectivity index (χ0) is 9.68. The number of nitrogens with zero attached hydrogens (tertiary/aromatic N) is 2. The molecular formula is C11H16N2. The molecule has 0 atom stereocenters. The molecule has 2 nitrogen and oxygen atoms in total. The fourth-order valence-corrected chi connectivity index (χ4v) is 1.43. The molecule has 1 aromatic carbocycles. The summed E-state index contributed by atoms with van der Waals surface area (Å²) in [6.07, 6.45) is 0. The van der Waals surface area contributed by atoms with Crippen LogP contribution in [0.25, 0.3) is 0 Å². The molecule has 0 unspecified atom stereocenters. The average molecular weight is 176 g/mol. The van der Waals surface area contributed by atoms with Gasteiger partial charge in [0.2, 0.25) is 0 Å². The number of anilines is 1. The first kappa shape index (κ1) is 9.78. The molecule has 0 aromatic heterocycles. The summed E-state index contributed by atoms with van der Waals surface area (Å²) in [6.45, 7) is 9.86. The fraction of sp³-hybridized carbons (Fsp3) is 0.364. The molecular weight excluding hydrogens is 160 g/mol. The van der Waals surface area contributed by atoms with E-state index in [1.807, 2.05) is 18.2 Å². The predicted molar refractivity (Wildman–Crippen MR) is 59.2 cm³/mol. The van der Waals surface area contributed by atoms with Crippen LogP contribution in [0.3, 0.4) is 0 Å². The van der Waals surface area contributed by atoms with Gasteiger partial charge in [0.15, 0.2) is 0 Å². The van der Waals surface area contributed by atoms with Gasteiger partial charge in [-0.1, -0.05) is 12.1 Å². The van der Waals surface area contributed by atoms with Gasteiger partial charge in [-0.15, -0.1) is 0 Å². The van der Waals surface area contributed by atoms with E-state index in [1.54, 1.807) is 0 Å². The van der Waals surface area contributed by atoms with Crippen molar-refractivity contribution in [2.45, 2.75) is 13.8 Å². The molecule has 0 saturated carbocycles. The van der Waals surface area contributed by atoms with E-state index in [2.05, 4.69) is 36.5 Å². The van der Waals surface area contributed by atoms with Gasteiger partial charge >= 0.3 is 0 Å². The Bertz CT molecular complexity index is 277.